The Morgan fingerprint density at radius 1 is 1.42 bits per heavy atom. The van der Waals surface area contributed by atoms with Gasteiger partial charge in [0.15, 0.2) is 5.84 Å². The standard InChI is InChI=1S/C12H22N4O2S/c13-11(15-18)7-16-4-1-10(2-5-16)14-12(17)9-3-6-19-8-9/h9-10,18H,1-8H2,(H2,13,15)(H,14,17). The first-order chi connectivity index (χ1) is 9.19. The molecule has 0 aliphatic carbocycles. The zero-order valence-corrected chi connectivity index (χ0v) is 11.9. The summed E-state index contributed by atoms with van der Waals surface area (Å²) in [7, 11) is 0. The van der Waals surface area contributed by atoms with Gasteiger partial charge in [0.1, 0.15) is 0 Å². The molecule has 1 atom stereocenters. The lowest BCUT2D eigenvalue weighted by Crippen LogP contribution is -2.48. The minimum atomic E-state index is 0.209. The van der Waals surface area contributed by atoms with Gasteiger partial charge in [-0.1, -0.05) is 5.16 Å². The molecular weight excluding hydrogens is 264 g/mol. The number of amidine groups is 1. The van der Waals surface area contributed by atoms with Crippen LogP contribution in [0.2, 0.25) is 0 Å². The first-order valence-corrected chi connectivity index (χ1v) is 7.91. The van der Waals surface area contributed by atoms with Crippen molar-refractivity contribution in [1.29, 1.82) is 0 Å². The molecule has 108 valence electrons. The van der Waals surface area contributed by atoms with Gasteiger partial charge in [-0.2, -0.15) is 11.8 Å². The third-order valence-electron chi connectivity index (χ3n) is 3.75. The molecule has 0 aromatic rings. The number of carbonyl (C=O) groups is 1. The second kappa shape index (κ2) is 7.00. The first kappa shape index (κ1) is 14.5. The molecule has 2 saturated heterocycles. The maximum Gasteiger partial charge on any atom is 0.224 e. The summed E-state index contributed by atoms with van der Waals surface area (Å²) in [5.41, 5.74) is 5.49. The molecule has 1 unspecified atom stereocenters. The van der Waals surface area contributed by atoms with Crippen LogP contribution in [0.4, 0.5) is 0 Å². The molecular formula is C12H22N4O2S. The van der Waals surface area contributed by atoms with Crippen molar-refractivity contribution in [3.8, 4) is 0 Å². The summed E-state index contributed by atoms with van der Waals surface area (Å²) in [6.45, 7) is 2.25. The minimum Gasteiger partial charge on any atom is -0.409 e. The molecule has 19 heavy (non-hydrogen) atoms. The fraction of sp³-hybridized carbons (Fsp3) is 0.833. The monoisotopic (exact) mass is 286 g/mol. The maximum absolute atomic E-state index is 12.0. The number of thioether (sulfide) groups is 1. The molecule has 2 aliphatic heterocycles. The van der Waals surface area contributed by atoms with Gasteiger partial charge in [-0.15, -0.1) is 0 Å². The van der Waals surface area contributed by atoms with Crippen LogP contribution in [0.3, 0.4) is 0 Å². The Labute approximate surface area is 117 Å². The molecule has 2 heterocycles. The summed E-state index contributed by atoms with van der Waals surface area (Å²) in [5, 5.41) is 14.7. The predicted octanol–water partition coefficient (Wildman–Crippen LogP) is 0.0665. The van der Waals surface area contributed by atoms with Crippen LogP contribution in [0, 0.1) is 5.92 Å². The van der Waals surface area contributed by atoms with Crippen LogP contribution < -0.4 is 11.1 Å². The van der Waals surface area contributed by atoms with Crippen LogP contribution in [-0.4, -0.2) is 59.0 Å². The number of hydrogen-bond donors (Lipinski definition) is 3. The normalized spacial score (nSPS) is 26.5. The van der Waals surface area contributed by atoms with Gasteiger partial charge in [-0.25, -0.2) is 0 Å². The van der Waals surface area contributed by atoms with Gasteiger partial charge < -0.3 is 16.3 Å². The SMILES string of the molecule is NC(CN1CCC(NC(=O)C2CCSC2)CC1)=NO. The Bertz CT molecular complexity index is 337. The third kappa shape index (κ3) is 4.28. The number of carbonyl (C=O) groups excluding carboxylic acids is 1. The number of amides is 1. The van der Waals surface area contributed by atoms with E-state index in [2.05, 4.69) is 15.4 Å². The van der Waals surface area contributed by atoms with E-state index in [1.807, 2.05) is 11.8 Å². The number of nitrogens with two attached hydrogens (primary N) is 1. The predicted molar refractivity (Wildman–Crippen MR) is 76.4 cm³/mol. The Morgan fingerprint density at radius 2 is 2.16 bits per heavy atom. The highest BCUT2D eigenvalue weighted by Gasteiger charge is 2.27. The highest BCUT2D eigenvalue weighted by molar-refractivity contribution is 7.99. The lowest BCUT2D eigenvalue weighted by Gasteiger charge is -2.32. The summed E-state index contributed by atoms with van der Waals surface area (Å²) in [6, 6.07) is 0.279. The largest absolute Gasteiger partial charge is 0.409 e. The van der Waals surface area contributed by atoms with Crippen molar-refractivity contribution in [2.24, 2.45) is 16.8 Å². The number of likely N-dealkylation sites (tertiary alicyclic amines) is 1. The number of nitrogens with zero attached hydrogens (tertiary/aromatic N) is 2. The van der Waals surface area contributed by atoms with E-state index in [1.54, 1.807) is 0 Å². The third-order valence-corrected chi connectivity index (χ3v) is 4.91. The molecule has 2 fully saturated rings. The molecule has 2 rings (SSSR count). The summed E-state index contributed by atoms with van der Waals surface area (Å²) < 4.78 is 0. The van der Waals surface area contributed by atoms with Gasteiger partial charge in [0.25, 0.3) is 0 Å². The second-order valence-corrected chi connectivity index (χ2v) is 6.36. The van der Waals surface area contributed by atoms with E-state index in [0.29, 0.717) is 6.54 Å². The molecule has 0 spiro atoms. The number of hydrogen-bond acceptors (Lipinski definition) is 5. The van der Waals surface area contributed by atoms with E-state index in [-0.39, 0.29) is 23.7 Å². The average Bonchev–Trinajstić information content (AvgIpc) is 2.95. The smallest absolute Gasteiger partial charge is 0.224 e. The van der Waals surface area contributed by atoms with Crippen molar-refractivity contribution in [2.45, 2.75) is 25.3 Å². The van der Waals surface area contributed by atoms with Crippen molar-refractivity contribution < 1.29 is 10.0 Å². The fourth-order valence-corrected chi connectivity index (χ4v) is 3.78. The van der Waals surface area contributed by atoms with Gasteiger partial charge in [-0.05, 0) is 25.0 Å². The molecule has 0 saturated carbocycles. The second-order valence-electron chi connectivity index (χ2n) is 5.21. The molecule has 0 bridgehead atoms. The molecule has 0 aromatic heterocycles. The number of nitrogens with one attached hydrogen (secondary N) is 1. The Kier molecular flexibility index (Phi) is 5.33. The summed E-state index contributed by atoms with van der Waals surface area (Å²) in [6.07, 6.45) is 2.88. The van der Waals surface area contributed by atoms with Crippen molar-refractivity contribution >= 4 is 23.5 Å². The lowest BCUT2D eigenvalue weighted by molar-refractivity contribution is -0.125. The van der Waals surface area contributed by atoms with Crippen LogP contribution >= 0.6 is 11.8 Å². The van der Waals surface area contributed by atoms with Gasteiger partial charge in [0.05, 0.1) is 6.54 Å². The van der Waals surface area contributed by atoms with Gasteiger partial charge in [0.2, 0.25) is 5.91 Å². The van der Waals surface area contributed by atoms with Gasteiger partial charge >= 0.3 is 0 Å². The van der Waals surface area contributed by atoms with Crippen LogP contribution in [0.1, 0.15) is 19.3 Å². The van der Waals surface area contributed by atoms with Crippen LogP contribution in [0.25, 0.3) is 0 Å². The topological polar surface area (TPSA) is 91.0 Å². The Morgan fingerprint density at radius 3 is 2.74 bits per heavy atom. The molecule has 0 radical (unpaired) electrons. The van der Waals surface area contributed by atoms with Crippen LogP contribution in [0.15, 0.2) is 5.16 Å². The van der Waals surface area contributed by atoms with E-state index in [1.165, 1.54) is 0 Å². The average molecular weight is 286 g/mol. The summed E-state index contributed by atoms with van der Waals surface area (Å²) in [5.74, 6) is 2.75. The van der Waals surface area contributed by atoms with Crippen molar-refractivity contribution in [3.05, 3.63) is 0 Å². The van der Waals surface area contributed by atoms with Crippen LogP contribution in [0.5, 0.6) is 0 Å². The van der Waals surface area contributed by atoms with E-state index in [9.17, 15) is 4.79 Å². The molecule has 0 aromatic carbocycles. The molecule has 7 heteroatoms. The summed E-state index contributed by atoms with van der Waals surface area (Å²) >= 11 is 1.86. The lowest BCUT2D eigenvalue weighted by atomic mass is 10.0. The molecule has 6 nitrogen and oxygen atoms in total. The zero-order valence-electron chi connectivity index (χ0n) is 11.0. The van der Waals surface area contributed by atoms with Crippen molar-refractivity contribution in [1.82, 2.24) is 10.2 Å². The summed E-state index contributed by atoms with van der Waals surface area (Å²) in [4.78, 5) is 14.2. The number of rotatable bonds is 4. The Hall–Kier alpha value is -0.950. The first-order valence-electron chi connectivity index (χ1n) is 6.76. The van der Waals surface area contributed by atoms with Crippen LogP contribution in [-0.2, 0) is 4.79 Å². The Balaban J connectivity index is 1.69. The number of piperidine rings is 1. The number of oxime groups is 1. The minimum absolute atomic E-state index is 0.209. The van der Waals surface area contributed by atoms with Crippen molar-refractivity contribution in [3.63, 3.8) is 0 Å². The van der Waals surface area contributed by atoms with Gasteiger partial charge in [0, 0.05) is 30.8 Å². The highest BCUT2D eigenvalue weighted by Crippen LogP contribution is 2.24. The van der Waals surface area contributed by atoms with Crippen molar-refractivity contribution in [2.75, 3.05) is 31.1 Å². The van der Waals surface area contributed by atoms with E-state index in [4.69, 9.17) is 10.9 Å². The fourth-order valence-electron chi connectivity index (χ4n) is 2.56. The maximum atomic E-state index is 12.0. The molecule has 2 aliphatic rings. The quantitative estimate of drug-likeness (QED) is 0.294. The van der Waals surface area contributed by atoms with E-state index in [0.717, 1.165) is 43.9 Å². The molecule has 4 N–H and O–H groups in total. The van der Waals surface area contributed by atoms with E-state index < -0.39 is 0 Å². The van der Waals surface area contributed by atoms with Gasteiger partial charge in [-0.3, -0.25) is 9.69 Å². The highest BCUT2D eigenvalue weighted by atomic mass is 32.2. The molecule has 1 amide bonds. The zero-order chi connectivity index (χ0) is 13.7. The van der Waals surface area contributed by atoms with E-state index >= 15 is 0 Å².